The summed E-state index contributed by atoms with van der Waals surface area (Å²) in [6, 6.07) is 0. The molecule has 1 atom stereocenters. The molecule has 0 aliphatic heterocycles. The van der Waals surface area contributed by atoms with E-state index < -0.39 is 0 Å². The molecule has 2 nitrogen and oxygen atoms in total. The van der Waals surface area contributed by atoms with Crippen LogP contribution in [0.25, 0.3) is 0 Å². The number of hydrogen-bond donors (Lipinski definition) is 2. The normalized spacial score (nSPS) is 24.2. The maximum atomic E-state index is 5.59. The van der Waals surface area contributed by atoms with E-state index in [-0.39, 0.29) is 0 Å². The third kappa shape index (κ3) is 2.96. The summed E-state index contributed by atoms with van der Waals surface area (Å²) in [4.78, 5) is 0. The van der Waals surface area contributed by atoms with Gasteiger partial charge in [-0.1, -0.05) is 6.92 Å². The predicted octanol–water partition coefficient (Wildman–Crippen LogP) is 1.61. The van der Waals surface area contributed by atoms with Crippen molar-refractivity contribution in [3.8, 4) is 0 Å². The summed E-state index contributed by atoms with van der Waals surface area (Å²) in [6.45, 7) is 5.38. The molecule has 1 unspecified atom stereocenters. The van der Waals surface area contributed by atoms with Crippen LogP contribution in [0.4, 0.5) is 0 Å². The van der Waals surface area contributed by atoms with Crippen LogP contribution in [0.2, 0.25) is 0 Å². The lowest BCUT2D eigenvalue weighted by molar-refractivity contribution is 0.366. The van der Waals surface area contributed by atoms with Crippen LogP contribution in [0.1, 0.15) is 32.6 Å². The van der Waals surface area contributed by atoms with E-state index in [0.717, 1.165) is 30.8 Å². The number of rotatable bonds is 7. The zero-order valence-corrected chi connectivity index (χ0v) is 9.34. The minimum absolute atomic E-state index is 0.633. The topological polar surface area (TPSA) is 38.0 Å². The molecule has 2 heteroatoms. The van der Waals surface area contributed by atoms with Gasteiger partial charge in [-0.15, -0.1) is 0 Å². The first-order valence-electron chi connectivity index (χ1n) is 6.22. The van der Waals surface area contributed by atoms with Crippen molar-refractivity contribution in [3.63, 3.8) is 0 Å². The maximum Gasteiger partial charge on any atom is -0.00110 e. The van der Waals surface area contributed by atoms with Gasteiger partial charge in [-0.3, -0.25) is 0 Å². The molecule has 0 saturated heterocycles. The van der Waals surface area contributed by atoms with E-state index in [1.165, 1.54) is 32.2 Å². The highest BCUT2D eigenvalue weighted by Gasteiger charge is 2.40. The van der Waals surface area contributed by atoms with Crippen LogP contribution in [0.5, 0.6) is 0 Å². The molecular formula is C12H24N2. The molecule has 0 aromatic carbocycles. The van der Waals surface area contributed by atoms with E-state index in [9.17, 15) is 0 Å². The SMILES string of the molecule is CC(CN)CNCC(C1CC1)C1CC1. The highest BCUT2D eigenvalue weighted by molar-refractivity contribution is 4.92. The second kappa shape index (κ2) is 4.63. The molecule has 14 heavy (non-hydrogen) atoms. The summed E-state index contributed by atoms with van der Waals surface area (Å²) in [6.07, 6.45) is 5.98. The van der Waals surface area contributed by atoms with E-state index in [1.807, 2.05) is 0 Å². The molecule has 82 valence electrons. The fourth-order valence-electron chi connectivity index (χ4n) is 2.35. The number of nitrogens with one attached hydrogen (secondary N) is 1. The summed E-state index contributed by atoms with van der Waals surface area (Å²) in [5.41, 5.74) is 5.59. The standard InChI is InChI=1S/C12H24N2/c1-9(6-13)7-14-8-12(10-2-3-10)11-4-5-11/h9-12,14H,2-8,13H2,1H3. The average molecular weight is 196 g/mol. The predicted molar refractivity (Wildman–Crippen MR) is 60.0 cm³/mol. The Balaban J connectivity index is 1.62. The van der Waals surface area contributed by atoms with Gasteiger partial charge in [-0.05, 0) is 69.0 Å². The summed E-state index contributed by atoms with van der Waals surface area (Å²) in [7, 11) is 0. The molecule has 2 aliphatic carbocycles. The Kier molecular flexibility index (Phi) is 3.45. The van der Waals surface area contributed by atoms with E-state index in [2.05, 4.69) is 12.2 Å². The van der Waals surface area contributed by atoms with Gasteiger partial charge in [0, 0.05) is 0 Å². The molecule has 2 saturated carbocycles. The summed E-state index contributed by atoms with van der Waals surface area (Å²) in [5, 5.41) is 3.60. The van der Waals surface area contributed by atoms with Crippen LogP contribution >= 0.6 is 0 Å². The van der Waals surface area contributed by atoms with Crippen molar-refractivity contribution in [3.05, 3.63) is 0 Å². The summed E-state index contributed by atoms with van der Waals surface area (Å²) < 4.78 is 0. The first-order valence-corrected chi connectivity index (χ1v) is 6.22. The molecule has 0 heterocycles. The second-order valence-electron chi connectivity index (χ2n) is 5.34. The molecular weight excluding hydrogens is 172 g/mol. The van der Waals surface area contributed by atoms with Gasteiger partial charge in [0.05, 0.1) is 0 Å². The molecule has 3 N–H and O–H groups in total. The Bertz CT molecular complexity index is 161. The maximum absolute atomic E-state index is 5.59. The fourth-order valence-corrected chi connectivity index (χ4v) is 2.35. The minimum atomic E-state index is 0.633. The first-order chi connectivity index (χ1) is 6.81. The van der Waals surface area contributed by atoms with Gasteiger partial charge < -0.3 is 11.1 Å². The van der Waals surface area contributed by atoms with Crippen LogP contribution in [0.3, 0.4) is 0 Å². The highest BCUT2D eigenvalue weighted by Crippen LogP contribution is 2.48. The molecule has 2 fully saturated rings. The third-order valence-electron chi connectivity index (χ3n) is 3.73. The van der Waals surface area contributed by atoms with Crippen molar-refractivity contribution in [1.29, 1.82) is 0 Å². The zero-order valence-electron chi connectivity index (χ0n) is 9.34. The molecule has 0 aromatic rings. The van der Waals surface area contributed by atoms with Crippen LogP contribution in [-0.2, 0) is 0 Å². The Morgan fingerprint density at radius 2 is 1.71 bits per heavy atom. The van der Waals surface area contributed by atoms with Crippen LogP contribution in [0, 0.1) is 23.7 Å². The lowest BCUT2D eigenvalue weighted by Gasteiger charge is -2.17. The van der Waals surface area contributed by atoms with E-state index in [4.69, 9.17) is 5.73 Å². The molecule has 2 aliphatic rings. The van der Waals surface area contributed by atoms with Gasteiger partial charge in [0.15, 0.2) is 0 Å². The molecule has 0 bridgehead atoms. The lowest BCUT2D eigenvalue weighted by atomic mass is 9.98. The Hall–Kier alpha value is -0.0800. The van der Waals surface area contributed by atoms with Gasteiger partial charge in [-0.25, -0.2) is 0 Å². The Labute approximate surface area is 87.6 Å². The van der Waals surface area contributed by atoms with Gasteiger partial charge in [-0.2, -0.15) is 0 Å². The van der Waals surface area contributed by atoms with Crippen molar-refractivity contribution in [2.24, 2.45) is 29.4 Å². The molecule has 0 radical (unpaired) electrons. The second-order valence-corrected chi connectivity index (χ2v) is 5.34. The van der Waals surface area contributed by atoms with Gasteiger partial charge in [0.2, 0.25) is 0 Å². The Morgan fingerprint density at radius 1 is 1.14 bits per heavy atom. The van der Waals surface area contributed by atoms with Crippen molar-refractivity contribution >= 4 is 0 Å². The van der Waals surface area contributed by atoms with Crippen LogP contribution < -0.4 is 11.1 Å². The van der Waals surface area contributed by atoms with Gasteiger partial charge in [0.25, 0.3) is 0 Å². The molecule has 0 aromatic heterocycles. The average Bonchev–Trinajstić information content (AvgIpc) is 3.03. The Morgan fingerprint density at radius 3 is 2.14 bits per heavy atom. The molecule has 2 rings (SSSR count). The van der Waals surface area contributed by atoms with Gasteiger partial charge >= 0.3 is 0 Å². The first kappa shape index (κ1) is 10.4. The molecule has 0 spiro atoms. The smallest absolute Gasteiger partial charge is 0.00110 e. The number of nitrogens with two attached hydrogens (primary N) is 1. The van der Waals surface area contributed by atoms with E-state index >= 15 is 0 Å². The number of hydrogen-bond acceptors (Lipinski definition) is 2. The quantitative estimate of drug-likeness (QED) is 0.649. The minimum Gasteiger partial charge on any atom is -0.330 e. The van der Waals surface area contributed by atoms with Crippen LogP contribution in [0.15, 0.2) is 0 Å². The fraction of sp³-hybridized carbons (Fsp3) is 1.00. The van der Waals surface area contributed by atoms with E-state index in [1.54, 1.807) is 0 Å². The monoisotopic (exact) mass is 196 g/mol. The van der Waals surface area contributed by atoms with E-state index in [0.29, 0.717) is 5.92 Å². The van der Waals surface area contributed by atoms with Crippen molar-refractivity contribution in [2.75, 3.05) is 19.6 Å². The zero-order chi connectivity index (χ0) is 9.97. The molecule has 0 amide bonds. The largest absolute Gasteiger partial charge is 0.330 e. The lowest BCUT2D eigenvalue weighted by Crippen LogP contribution is -2.31. The van der Waals surface area contributed by atoms with Crippen molar-refractivity contribution in [1.82, 2.24) is 5.32 Å². The van der Waals surface area contributed by atoms with Crippen LogP contribution in [-0.4, -0.2) is 19.6 Å². The van der Waals surface area contributed by atoms with Crippen molar-refractivity contribution in [2.45, 2.75) is 32.6 Å². The third-order valence-corrected chi connectivity index (χ3v) is 3.73. The summed E-state index contributed by atoms with van der Waals surface area (Å²) in [5.74, 6) is 3.78. The van der Waals surface area contributed by atoms with Gasteiger partial charge in [0.1, 0.15) is 0 Å². The van der Waals surface area contributed by atoms with Crippen molar-refractivity contribution < 1.29 is 0 Å². The highest BCUT2D eigenvalue weighted by atomic mass is 14.9. The summed E-state index contributed by atoms with van der Waals surface area (Å²) >= 11 is 0.